The molecule has 0 aliphatic carbocycles. The van der Waals surface area contributed by atoms with Crippen LogP contribution in [0.1, 0.15) is 18.5 Å². The number of amides is 1. The second kappa shape index (κ2) is 5.61. The lowest BCUT2D eigenvalue weighted by Gasteiger charge is -2.08. The van der Waals surface area contributed by atoms with Gasteiger partial charge in [0.1, 0.15) is 12.4 Å². The molecule has 0 aromatic heterocycles. The third-order valence-electron chi connectivity index (χ3n) is 2.27. The highest BCUT2D eigenvalue weighted by Crippen LogP contribution is 2.20. The van der Waals surface area contributed by atoms with Crippen molar-refractivity contribution in [3.8, 4) is 5.75 Å². The van der Waals surface area contributed by atoms with Crippen LogP contribution < -0.4 is 10.1 Å². The number of hydrogen-bond donors (Lipinski definition) is 1. The maximum atomic E-state index is 10.8. The predicted octanol–water partition coefficient (Wildman–Crippen LogP) is 2.29. The highest BCUT2D eigenvalue weighted by atomic mass is 35.5. The number of rotatable bonds is 3. The summed E-state index contributed by atoms with van der Waals surface area (Å²) in [5.74, 6) is 0.839. The Morgan fingerprint density at radius 1 is 1.44 bits per heavy atom. The van der Waals surface area contributed by atoms with Crippen molar-refractivity contribution in [3.63, 3.8) is 0 Å². The van der Waals surface area contributed by atoms with Gasteiger partial charge in [0, 0.05) is 0 Å². The van der Waals surface area contributed by atoms with Crippen LogP contribution in [0.15, 0.2) is 24.3 Å². The predicted molar refractivity (Wildman–Crippen MR) is 62.1 cm³/mol. The largest absolute Gasteiger partial charge is 0.494 e. The van der Waals surface area contributed by atoms with Crippen LogP contribution in [0.2, 0.25) is 0 Å². The van der Waals surface area contributed by atoms with Gasteiger partial charge in [-0.15, -0.1) is 12.4 Å². The van der Waals surface area contributed by atoms with E-state index in [0.717, 1.165) is 11.3 Å². The number of halogens is 1. The fraction of sp³-hybridized carbons (Fsp3) is 0.364. The Morgan fingerprint density at radius 3 is 2.62 bits per heavy atom. The topological polar surface area (TPSA) is 47.6 Å². The Kier molecular flexibility index (Phi) is 4.43. The van der Waals surface area contributed by atoms with Crippen molar-refractivity contribution in [1.29, 1.82) is 0 Å². The fourth-order valence-electron chi connectivity index (χ4n) is 1.53. The second-order valence-corrected chi connectivity index (χ2v) is 3.30. The summed E-state index contributed by atoms with van der Waals surface area (Å²) in [5, 5.41) is 2.72. The Morgan fingerprint density at radius 2 is 2.12 bits per heavy atom. The molecular weight excluding hydrogens is 230 g/mol. The number of benzene rings is 1. The maximum Gasteiger partial charge on any atom is 0.407 e. The number of carbonyl (C=O) groups excluding carboxylic acids is 1. The van der Waals surface area contributed by atoms with E-state index >= 15 is 0 Å². The molecule has 5 heteroatoms. The van der Waals surface area contributed by atoms with Crippen molar-refractivity contribution in [3.05, 3.63) is 29.8 Å². The molecule has 1 heterocycles. The number of ether oxygens (including phenoxy) is 2. The summed E-state index contributed by atoms with van der Waals surface area (Å²) in [4.78, 5) is 10.8. The van der Waals surface area contributed by atoms with E-state index < -0.39 is 0 Å². The standard InChI is InChI=1S/C11H13NO3.ClH/c1-2-14-9-5-3-8(4-6-9)10-7-15-11(13)12-10;/h3-6,10H,2,7H2,1H3,(H,12,13);1H/t10-;/m1./s1. The summed E-state index contributed by atoms with van der Waals surface area (Å²) in [6, 6.07) is 7.62. The molecule has 1 amide bonds. The van der Waals surface area contributed by atoms with Gasteiger partial charge in [0.25, 0.3) is 0 Å². The van der Waals surface area contributed by atoms with E-state index in [-0.39, 0.29) is 24.5 Å². The molecule has 0 bridgehead atoms. The van der Waals surface area contributed by atoms with Gasteiger partial charge < -0.3 is 14.8 Å². The number of alkyl carbamates (subject to hydrolysis) is 1. The van der Waals surface area contributed by atoms with Gasteiger partial charge in [-0.1, -0.05) is 12.1 Å². The number of carbonyl (C=O) groups is 1. The Labute approximate surface area is 100 Å². The first-order chi connectivity index (χ1) is 7.29. The summed E-state index contributed by atoms with van der Waals surface area (Å²) in [7, 11) is 0. The van der Waals surface area contributed by atoms with Crippen LogP contribution in [0, 0.1) is 0 Å². The van der Waals surface area contributed by atoms with Crippen molar-refractivity contribution in [2.24, 2.45) is 0 Å². The van der Waals surface area contributed by atoms with Gasteiger partial charge in [0.05, 0.1) is 12.6 Å². The minimum Gasteiger partial charge on any atom is -0.494 e. The summed E-state index contributed by atoms with van der Waals surface area (Å²) >= 11 is 0. The molecule has 1 atom stereocenters. The minimum absolute atomic E-state index is 0. The van der Waals surface area contributed by atoms with Crippen LogP contribution in [-0.4, -0.2) is 19.3 Å². The van der Waals surface area contributed by atoms with Gasteiger partial charge in [-0.3, -0.25) is 0 Å². The van der Waals surface area contributed by atoms with Crippen LogP contribution in [0.4, 0.5) is 4.79 Å². The third-order valence-corrected chi connectivity index (χ3v) is 2.27. The molecule has 1 aliphatic heterocycles. The summed E-state index contributed by atoms with van der Waals surface area (Å²) < 4.78 is 10.1. The Hall–Kier alpha value is -1.42. The quantitative estimate of drug-likeness (QED) is 0.886. The van der Waals surface area contributed by atoms with Crippen molar-refractivity contribution in [2.75, 3.05) is 13.2 Å². The Bertz CT molecular complexity index is 353. The number of nitrogens with one attached hydrogen (secondary N) is 1. The van der Waals surface area contributed by atoms with Crippen molar-refractivity contribution in [1.82, 2.24) is 5.32 Å². The molecule has 1 saturated heterocycles. The van der Waals surface area contributed by atoms with Crippen molar-refractivity contribution < 1.29 is 14.3 Å². The van der Waals surface area contributed by atoms with E-state index in [4.69, 9.17) is 9.47 Å². The van der Waals surface area contributed by atoms with Gasteiger partial charge in [-0.2, -0.15) is 0 Å². The monoisotopic (exact) mass is 243 g/mol. The van der Waals surface area contributed by atoms with Gasteiger partial charge in [0.2, 0.25) is 0 Å². The van der Waals surface area contributed by atoms with E-state index in [1.54, 1.807) is 0 Å². The lowest BCUT2D eigenvalue weighted by atomic mass is 10.1. The van der Waals surface area contributed by atoms with Gasteiger partial charge in [-0.25, -0.2) is 4.79 Å². The van der Waals surface area contributed by atoms with E-state index in [1.165, 1.54) is 0 Å². The van der Waals surface area contributed by atoms with Gasteiger partial charge in [0.15, 0.2) is 0 Å². The first-order valence-corrected chi connectivity index (χ1v) is 4.95. The van der Waals surface area contributed by atoms with Gasteiger partial charge in [-0.05, 0) is 24.6 Å². The average molecular weight is 244 g/mol. The molecule has 1 fully saturated rings. The van der Waals surface area contributed by atoms with Crippen LogP contribution >= 0.6 is 12.4 Å². The molecule has 2 rings (SSSR count). The number of hydrogen-bond acceptors (Lipinski definition) is 3. The highest BCUT2D eigenvalue weighted by molar-refractivity contribution is 5.85. The summed E-state index contributed by atoms with van der Waals surface area (Å²) in [6.07, 6.45) is -0.353. The molecule has 88 valence electrons. The normalized spacial score (nSPS) is 18.3. The van der Waals surface area contributed by atoms with E-state index in [1.807, 2.05) is 31.2 Å². The first-order valence-electron chi connectivity index (χ1n) is 4.95. The van der Waals surface area contributed by atoms with Crippen LogP contribution in [0.25, 0.3) is 0 Å². The van der Waals surface area contributed by atoms with Crippen LogP contribution in [-0.2, 0) is 4.74 Å². The lowest BCUT2D eigenvalue weighted by Crippen LogP contribution is -2.18. The summed E-state index contributed by atoms with van der Waals surface area (Å²) in [5.41, 5.74) is 1.03. The zero-order valence-electron chi connectivity index (χ0n) is 8.93. The molecule has 16 heavy (non-hydrogen) atoms. The molecule has 0 spiro atoms. The molecule has 0 unspecified atom stereocenters. The molecular formula is C11H14ClNO3. The Balaban J connectivity index is 0.00000128. The first kappa shape index (κ1) is 12.6. The SMILES string of the molecule is CCOc1ccc([C@H]2COC(=O)N2)cc1.Cl. The van der Waals surface area contributed by atoms with Crippen molar-refractivity contribution in [2.45, 2.75) is 13.0 Å². The average Bonchev–Trinajstić information content (AvgIpc) is 2.67. The highest BCUT2D eigenvalue weighted by Gasteiger charge is 2.23. The fourth-order valence-corrected chi connectivity index (χ4v) is 1.53. The third kappa shape index (κ3) is 2.79. The zero-order chi connectivity index (χ0) is 10.7. The van der Waals surface area contributed by atoms with E-state index in [0.29, 0.717) is 13.2 Å². The van der Waals surface area contributed by atoms with Crippen molar-refractivity contribution >= 4 is 18.5 Å². The molecule has 1 N–H and O–H groups in total. The van der Waals surface area contributed by atoms with Gasteiger partial charge >= 0.3 is 6.09 Å². The molecule has 1 aromatic rings. The van der Waals surface area contributed by atoms with Crippen LogP contribution in [0.5, 0.6) is 5.75 Å². The summed E-state index contributed by atoms with van der Waals surface area (Å²) in [6.45, 7) is 2.99. The minimum atomic E-state index is -0.353. The maximum absolute atomic E-state index is 10.8. The van der Waals surface area contributed by atoms with Crippen LogP contribution in [0.3, 0.4) is 0 Å². The zero-order valence-corrected chi connectivity index (χ0v) is 9.75. The smallest absolute Gasteiger partial charge is 0.407 e. The molecule has 4 nitrogen and oxygen atoms in total. The van der Waals surface area contributed by atoms with E-state index in [9.17, 15) is 4.79 Å². The number of cyclic esters (lactones) is 1. The molecule has 1 aliphatic rings. The molecule has 1 aromatic carbocycles. The molecule has 0 saturated carbocycles. The second-order valence-electron chi connectivity index (χ2n) is 3.30. The molecule has 0 radical (unpaired) electrons. The lowest BCUT2D eigenvalue weighted by molar-refractivity contribution is 0.177. The van der Waals surface area contributed by atoms with E-state index in [2.05, 4.69) is 5.32 Å².